The van der Waals surface area contributed by atoms with Crippen molar-refractivity contribution in [3.8, 4) is 17.6 Å². The van der Waals surface area contributed by atoms with E-state index < -0.39 is 0 Å². The Hall–Kier alpha value is -3.31. The van der Waals surface area contributed by atoms with Crippen molar-refractivity contribution >= 4 is 56.7 Å². The van der Waals surface area contributed by atoms with Gasteiger partial charge >= 0.3 is 0 Å². The van der Waals surface area contributed by atoms with Gasteiger partial charge in [-0.05, 0) is 42.5 Å². The number of fused-ring (bicyclic) bond motifs is 2. The molecule has 0 aliphatic rings. The van der Waals surface area contributed by atoms with E-state index in [1.165, 1.54) is 0 Å². The second-order valence-electron chi connectivity index (χ2n) is 6.68. The molecule has 0 aliphatic carbocycles. The van der Waals surface area contributed by atoms with Crippen molar-refractivity contribution in [3.63, 3.8) is 0 Å². The maximum Gasteiger partial charge on any atom is 0.162 e. The lowest BCUT2D eigenvalue weighted by Gasteiger charge is -2.10. The molecule has 0 saturated carbocycles. The van der Waals surface area contributed by atoms with Crippen molar-refractivity contribution in [3.05, 3.63) is 75.1 Å². The zero-order chi connectivity index (χ0) is 21.5. The van der Waals surface area contributed by atoms with Crippen LogP contribution in [0.4, 0.5) is 0 Å². The van der Waals surface area contributed by atoms with Crippen LogP contribution < -0.4 is 4.74 Å². The number of hydrogen-bond donors (Lipinski definition) is 1. The number of ether oxygens (including phenoxy) is 1. The first kappa shape index (κ1) is 19.6. The highest BCUT2D eigenvalue weighted by atomic mass is 35.5. The number of aromatic nitrogens is 5. The highest BCUT2D eigenvalue weighted by Crippen LogP contribution is 2.41. The van der Waals surface area contributed by atoms with Crippen LogP contribution in [0.2, 0.25) is 15.2 Å². The fourth-order valence-electron chi connectivity index (χ4n) is 3.37. The van der Waals surface area contributed by atoms with E-state index in [1.54, 1.807) is 35.1 Å². The van der Waals surface area contributed by atoms with E-state index in [9.17, 15) is 5.26 Å². The molecule has 0 bridgehead atoms. The molecule has 31 heavy (non-hydrogen) atoms. The molecule has 0 atom stereocenters. The minimum absolute atomic E-state index is 0.230. The Morgan fingerprint density at radius 3 is 2.84 bits per heavy atom. The minimum Gasteiger partial charge on any atom is -0.455 e. The molecule has 152 valence electrons. The average molecular weight is 470 g/mol. The van der Waals surface area contributed by atoms with Crippen LogP contribution in [-0.4, -0.2) is 25.0 Å². The molecule has 3 heterocycles. The van der Waals surface area contributed by atoms with Gasteiger partial charge in [-0.15, -0.1) is 0 Å². The quantitative estimate of drug-likeness (QED) is 0.349. The first-order valence-electron chi connectivity index (χ1n) is 9.04. The summed E-state index contributed by atoms with van der Waals surface area (Å²) in [5.74, 6) is 0.696. The standard InChI is InChI=1S/C21H11Cl3N6O/c22-12-6-11(9-25)7-13(8-12)31-19-15(23)3-4-17-18(19)20(24)29-30(17)10-16-14-2-1-5-26-21(14)28-27-16/h1-8H,10H2,(H,26,27,28). The maximum absolute atomic E-state index is 9.19. The number of nitriles is 1. The fraction of sp³-hybridized carbons (Fsp3) is 0.0476. The molecule has 0 aliphatic heterocycles. The topological polar surface area (TPSA) is 92.4 Å². The summed E-state index contributed by atoms with van der Waals surface area (Å²) in [7, 11) is 0. The molecule has 7 nitrogen and oxygen atoms in total. The second-order valence-corrected chi connectivity index (χ2v) is 7.88. The van der Waals surface area contributed by atoms with Gasteiger partial charge in [-0.3, -0.25) is 9.78 Å². The number of hydrogen-bond acceptors (Lipinski definition) is 5. The van der Waals surface area contributed by atoms with Crippen LogP contribution in [0.5, 0.6) is 11.5 Å². The summed E-state index contributed by atoms with van der Waals surface area (Å²) in [6.07, 6.45) is 1.70. The normalized spacial score (nSPS) is 11.2. The third-order valence-corrected chi connectivity index (χ3v) is 5.50. The van der Waals surface area contributed by atoms with E-state index >= 15 is 0 Å². The zero-order valence-electron chi connectivity index (χ0n) is 15.6. The molecule has 5 rings (SSSR count). The maximum atomic E-state index is 9.19. The molecule has 2 aromatic carbocycles. The largest absolute Gasteiger partial charge is 0.455 e. The van der Waals surface area contributed by atoms with Gasteiger partial charge in [0.2, 0.25) is 0 Å². The predicted octanol–water partition coefficient (Wildman–Crippen LogP) is 5.98. The van der Waals surface area contributed by atoms with Crippen LogP contribution in [0.3, 0.4) is 0 Å². The van der Waals surface area contributed by atoms with Gasteiger partial charge in [0.25, 0.3) is 0 Å². The predicted molar refractivity (Wildman–Crippen MR) is 119 cm³/mol. The molecule has 0 fully saturated rings. The monoisotopic (exact) mass is 468 g/mol. The highest BCUT2D eigenvalue weighted by molar-refractivity contribution is 6.37. The average Bonchev–Trinajstić information content (AvgIpc) is 3.31. The van der Waals surface area contributed by atoms with Crippen LogP contribution >= 0.6 is 34.8 Å². The van der Waals surface area contributed by atoms with Crippen LogP contribution in [0.1, 0.15) is 11.3 Å². The summed E-state index contributed by atoms with van der Waals surface area (Å²) >= 11 is 19.0. The Labute approximate surface area is 190 Å². The molecular formula is C21H11Cl3N6O. The van der Waals surface area contributed by atoms with Gasteiger partial charge in [0, 0.05) is 16.6 Å². The highest BCUT2D eigenvalue weighted by Gasteiger charge is 2.19. The van der Waals surface area contributed by atoms with Gasteiger partial charge in [0.15, 0.2) is 16.5 Å². The third-order valence-electron chi connectivity index (χ3n) is 4.72. The number of nitrogens with one attached hydrogen (secondary N) is 1. The first-order valence-corrected chi connectivity index (χ1v) is 10.2. The summed E-state index contributed by atoms with van der Waals surface area (Å²) in [4.78, 5) is 4.26. The summed E-state index contributed by atoms with van der Waals surface area (Å²) in [6, 6.07) is 14.1. The number of halogens is 3. The Kier molecular flexibility index (Phi) is 4.91. The van der Waals surface area contributed by atoms with Crippen molar-refractivity contribution in [1.82, 2.24) is 25.0 Å². The van der Waals surface area contributed by atoms with Crippen molar-refractivity contribution in [1.29, 1.82) is 5.26 Å². The lowest BCUT2D eigenvalue weighted by atomic mass is 10.2. The smallest absolute Gasteiger partial charge is 0.162 e. The van der Waals surface area contributed by atoms with Gasteiger partial charge < -0.3 is 4.74 Å². The molecule has 1 N–H and O–H groups in total. The number of benzene rings is 2. The van der Waals surface area contributed by atoms with E-state index in [2.05, 4.69) is 20.3 Å². The van der Waals surface area contributed by atoms with Crippen molar-refractivity contribution in [2.45, 2.75) is 6.54 Å². The molecular weight excluding hydrogens is 459 g/mol. The number of pyridine rings is 1. The number of aromatic amines is 1. The summed E-state index contributed by atoms with van der Waals surface area (Å²) in [5, 5.41) is 23.3. The van der Waals surface area contributed by atoms with E-state index in [0.29, 0.717) is 50.2 Å². The Morgan fingerprint density at radius 2 is 2.00 bits per heavy atom. The SMILES string of the molecule is N#Cc1cc(Cl)cc(Oc2c(Cl)ccc3c2c(Cl)nn3Cc2n[nH]c3ncccc23)c1. The van der Waals surface area contributed by atoms with Crippen LogP contribution in [0.15, 0.2) is 48.7 Å². The van der Waals surface area contributed by atoms with E-state index in [-0.39, 0.29) is 5.15 Å². The Morgan fingerprint density at radius 1 is 1.13 bits per heavy atom. The summed E-state index contributed by atoms with van der Waals surface area (Å²) in [6.45, 7) is 0.367. The summed E-state index contributed by atoms with van der Waals surface area (Å²) < 4.78 is 7.73. The molecule has 0 spiro atoms. The van der Waals surface area contributed by atoms with E-state index in [1.807, 2.05) is 24.3 Å². The van der Waals surface area contributed by atoms with Gasteiger partial charge in [-0.1, -0.05) is 34.8 Å². The van der Waals surface area contributed by atoms with Crippen LogP contribution in [0, 0.1) is 11.3 Å². The minimum atomic E-state index is 0.230. The molecule has 0 amide bonds. The molecule has 5 aromatic rings. The first-order chi connectivity index (χ1) is 15.0. The number of nitrogens with zero attached hydrogens (tertiary/aromatic N) is 5. The summed E-state index contributed by atoms with van der Waals surface area (Å²) in [5.41, 5.74) is 2.55. The zero-order valence-corrected chi connectivity index (χ0v) is 17.9. The van der Waals surface area contributed by atoms with Gasteiger partial charge in [0.05, 0.1) is 39.8 Å². The number of H-pyrrole nitrogens is 1. The third kappa shape index (κ3) is 3.55. The van der Waals surface area contributed by atoms with Crippen molar-refractivity contribution in [2.24, 2.45) is 0 Å². The van der Waals surface area contributed by atoms with Crippen LogP contribution in [0.25, 0.3) is 21.9 Å². The lowest BCUT2D eigenvalue weighted by molar-refractivity contribution is 0.488. The van der Waals surface area contributed by atoms with Gasteiger partial charge in [-0.2, -0.15) is 15.5 Å². The van der Waals surface area contributed by atoms with Gasteiger partial charge in [-0.25, -0.2) is 4.98 Å². The van der Waals surface area contributed by atoms with Crippen molar-refractivity contribution in [2.75, 3.05) is 0 Å². The Balaban J connectivity index is 1.60. The lowest BCUT2D eigenvalue weighted by Crippen LogP contribution is -2.02. The second kappa shape index (κ2) is 7.75. The fourth-order valence-corrected chi connectivity index (χ4v) is 4.06. The molecule has 0 unspecified atom stereocenters. The van der Waals surface area contributed by atoms with E-state index in [0.717, 1.165) is 11.1 Å². The molecule has 0 saturated heterocycles. The number of rotatable bonds is 4. The molecule has 0 radical (unpaired) electrons. The van der Waals surface area contributed by atoms with Crippen LogP contribution in [-0.2, 0) is 6.54 Å². The molecule has 3 aromatic heterocycles. The van der Waals surface area contributed by atoms with Gasteiger partial charge in [0.1, 0.15) is 5.75 Å². The van der Waals surface area contributed by atoms with Crippen molar-refractivity contribution < 1.29 is 4.74 Å². The Bertz CT molecular complexity index is 1500. The molecule has 10 heteroatoms. The van der Waals surface area contributed by atoms with E-state index in [4.69, 9.17) is 39.5 Å².